The molecule has 1 heterocycles. The van der Waals surface area contributed by atoms with Gasteiger partial charge in [-0.05, 0) is 59.2 Å². The van der Waals surface area contributed by atoms with Gasteiger partial charge in [-0.15, -0.1) is 24.0 Å². The van der Waals surface area contributed by atoms with Gasteiger partial charge in [-0.3, -0.25) is 9.79 Å². The van der Waals surface area contributed by atoms with Crippen LogP contribution in [0.15, 0.2) is 4.99 Å². The number of unbranched alkanes of at least 4 members (excludes halogenated alkanes) is 1. The molecule has 0 spiro atoms. The van der Waals surface area contributed by atoms with Crippen LogP contribution in [0.4, 0.5) is 0 Å². The minimum Gasteiger partial charge on any atom is -0.466 e. The Hall–Kier alpha value is -0.570. The van der Waals surface area contributed by atoms with E-state index in [1.165, 1.54) is 6.42 Å². The lowest BCUT2D eigenvalue weighted by Gasteiger charge is -2.34. The van der Waals surface area contributed by atoms with Gasteiger partial charge < -0.3 is 19.9 Å². The van der Waals surface area contributed by atoms with Gasteiger partial charge in [0.1, 0.15) is 0 Å². The van der Waals surface area contributed by atoms with Crippen molar-refractivity contribution in [3.8, 4) is 0 Å². The number of guanidine groups is 1. The molecule has 1 fully saturated rings. The number of likely N-dealkylation sites (tertiary alicyclic amines) is 1. The molecule has 7 heteroatoms. The average molecular weight is 482 g/mol. The molecule has 1 unspecified atom stereocenters. The number of carbonyl (C=O) groups is 1. The van der Waals surface area contributed by atoms with Gasteiger partial charge in [0.15, 0.2) is 5.96 Å². The molecule has 6 nitrogen and oxygen atoms in total. The number of nitrogens with one attached hydrogen (secondary N) is 1. The summed E-state index contributed by atoms with van der Waals surface area (Å²) < 4.78 is 5.20. The van der Waals surface area contributed by atoms with Crippen LogP contribution < -0.4 is 5.32 Å². The first-order chi connectivity index (χ1) is 12.2. The summed E-state index contributed by atoms with van der Waals surface area (Å²) in [4.78, 5) is 21.5. The highest BCUT2D eigenvalue weighted by atomic mass is 127. The van der Waals surface area contributed by atoms with Crippen molar-refractivity contribution < 1.29 is 9.53 Å². The Bertz CT molecular complexity index is 403. The molecule has 0 aromatic rings. The third-order valence-electron chi connectivity index (χ3n) is 4.71. The second-order valence-corrected chi connectivity index (χ2v) is 6.51. The zero-order valence-electron chi connectivity index (χ0n) is 17.1. The molecule has 0 aliphatic carbocycles. The van der Waals surface area contributed by atoms with Gasteiger partial charge in [0.25, 0.3) is 0 Å². The monoisotopic (exact) mass is 482 g/mol. The molecule has 1 saturated heterocycles. The third kappa shape index (κ3) is 9.39. The number of halogens is 1. The quantitative estimate of drug-likeness (QED) is 0.171. The van der Waals surface area contributed by atoms with Crippen LogP contribution in [0.1, 0.15) is 53.4 Å². The molecule has 0 aromatic carbocycles. The average Bonchev–Trinajstić information content (AvgIpc) is 2.64. The second kappa shape index (κ2) is 15.5. The van der Waals surface area contributed by atoms with Crippen LogP contribution in [-0.2, 0) is 9.53 Å². The summed E-state index contributed by atoms with van der Waals surface area (Å²) in [6.07, 6.45) is 4.20. The Morgan fingerprint density at radius 1 is 1.23 bits per heavy atom. The number of nitrogens with zero attached hydrogens (tertiary/aromatic N) is 3. The number of piperidine rings is 1. The van der Waals surface area contributed by atoms with E-state index in [2.05, 4.69) is 35.9 Å². The Morgan fingerprint density at radius 2 is 1.96 bits per heavy atom. The van der Waals surface area contributed by atoms with E-state index in [-0.39, 0.29) is 35.9 Å². The van der Waals surface area contributed by atoms with Crippen LogP contribution in [0.5, 0.6) is 0 Å². The van der Waals surface area contributed by atoms with Crippen molar-refractivity contribution in [1.29, 1.82) is 0 Å². The predicted octanol–water partition coefficient (Wildman–Crippen LogP) is 2.97. The maximum Gasteiger partial charge on any atom is 0.310 e. The molecule has 1 N–H and O–H groups in total. The summed E-state index contributed by atoms with van der Waals surface area (Å²) in [5.74, 6) is 0.849. The lowest BCUT2D eigenvalue weighted by Crippen LogP contribution is -2.48. The number of hydrogen-bond donors (Lipinski definition) is 1. The molecule has 1 aliphatic rings. The third-order valence-corrected chi connectivity index (χ3v) is 4.71. The SMILES string of the molecule is CCNC(=NCCCCN(CC)CC)N1CCCC(C(=O)OCC)C1.I. The maximum atomic E-state index is 12.0. The van der Waals surface area contributed by atoms with Crippen molar-refractivity contribution in [2.24, 2.45) is 10.9 Å². The number of ether oxygens (including phenoxy) is 1. The van der Waals surface area contributed by atoms with Crippen molar-refractivity contribution in [3.63, 3.8) is 0 Å². The summed E-state index contributed by atoms with van der Waals surface area (Å²) in [6, 6.07) is 0. The van der Waals surface area contributed by atoms with Gasteiger partial charge in [-0.1, -0.05) is 13.8 Å². The zero-order chi connectivity index (χ0) is 18.5. The number of aliphatic imine (C=N–C) groups is 1. The summed E-state index contributed by atoms with van der Waals surface area (Å²) in [5.41, 5.74) is 0. The zero-order valence-corrected chi connectivity index (χ0v) is 19.5. The minimum absolute atomic E-state index is 0. The molecular formula is C19H39IN4O2. The standard InChI is InChI=1S/C19H38N4O2.HI/c1-5-20-19(21-13-9-10-14-22(6-2)7-3)23-15-11-12-17(16-23)18(24)25-8-4;/h17H,5-16H2,1-4H3,(H,20,21);1H. The van der Waals surface area contributed by atoms with Gasteiger partial charge in [0, 0.05) is 26.2 Å². The van der Waals surface area contributed by atoms with Crippen LogP contribution in [0.3, 0.4) is 0 Å². The van der Waals surface area contributed by atoms with E-state index in [1.54, 1.807) is 0 Å². The fourth-order valence-corrected chi connectivity index (χ4v) is 3.22. The normalized spacial score (nSPS) is 17.8. The van der Waals surface area contributed by atoms with Gasteiger partial charge >= 0.3 is 5.97 Å². The lowest BCUT2D eigenvalue weighted by molar-refractivity contribution is -0.149. The largest absolute Gasteiger partial charge is 0.466 e. The summed E-state index contributed by atoms with van der Waals surface area (Å²) in [7, 11) is 0. The fourth-order valence-electron chi connectivity index (χ4n) is 3.22. The Kier molecular flexibility index (Phi) is 15.1. The lowest BCUT2D eigenvalue weighted by atomic mass is 9.98. The molecule has 0 bridgehead atoms. The first kappa shape index (κ1) is 25.4. The van der Waals surface area contributed by atoms with Crippen LogP contribution in [0, 0.1) is 5.92 Å². The fraction of sp³-hybridized carbons (Fsp3) is 0.895. The van der Waals surface area contributed by atoms with E-state index < -0.39 is 0 Å². The van der Waals surface area contributed by atoms with Crippen molar-refractivity contribution in [3.05, 3.63) is 0 Å². The Balaban J connectivity index is 0.00000625. The summed E-state index contributed by atoms with van der Waals surface area (Å²) in [5, 5.41) is 3.38. The van der Waals surface area contributed by atoms with Crippen LogP contribution >= 0.6 is 24.0 Å². The summed E-state index contributed by atoms with van der Waals surface area (Å²) in [6.45, 7) is 15.6. The van der Waals surface area contributed by atoms with Crippen LogP contribution in [0.2, 0.25) is 0 Å². The van der Waals surface area contributed by atoms with Gasteiger partial charge in [-0.25, -0.2) is 0 Å². The molecule has 0 aromatic heterocycles. The van der Waals surface area contributed by atoms with E-state index in [9.17, 15) is 4.79 Å². The van der Waals surface area contributed by atoms with Crippen molar-refractivity contribution in [2.75, 3.05) is 52.4 Å². The van der Waals surface area contributed by atoms with Crippen LogP contribution in [-0.4, -0.2) is 74.1 Å². The molecule has 154 valence electrons. The maximum absolute atomic E-state index is 12.0. The van der Waals surface area contributed by atoms with E-state index in [0.717, 1.165) is 64.5 Å². The number of hydrogen-bond acceptors (Lipinski definition) is 4. The molecule has 1 rings (SSSR count). The molecule has 1 atom stereocenters. The molecule has 1 aliphatic heterocycles. The second-order valence-electron chi connectivity index (χ2n) is 6.51. The highest BCUT2D eigenvalue weighted by Crippen LogP contribution is 2.18. The molecule has 0 amide bonds. The first-order valence-corrected chi connectivity index (χ1v) is 10.1. The van der Waals surface area contributed by atoms with Crippen LogP contribution in [0.25, 0.3) is 0 Å². The Morgan fingerprint density at radius 3 is 2.58 bits per heavy atom. The molecule has 0 saturated carbocycles. The topological polar surface area (TPSA) is 57.2 Å². The van der Waals surface area contributed by atoms with E-state index in [0.29, 0.717) is 13.2 Å². The molecule has 26 heavy (non-hydrogen) atoms. The molecule has 0 radical (unpaired) electrons. The number of carbonyl (C=O) groups excluding carboxylic acids is 1. The van der Waals surface area contributed by atoms with Gasteiger partial charge in [-0.2, -0.15) is 0 Å². The highest BCUT2D eigenvalue weighted by Gasteiger charge is 2.28. The van der Waals surface area contributed by atoms with E-state index >= 15 is 0 Å². The van der Waals surface area contributed by atoms with Gasteiger partial charge in [0.2, 0.25) is 0 Å². The smallest absolute Gasteiger partial charge is 0.310 e. The number of esters is 1. The first-order valence-electron chi connectivity index (χ1n) is 10.1. The highest BCUT2D eigenvalue weighted by molar-refractivity contribution is 14.0. The predicted molar refractivity (Wildman–Crippen MR) is 119 cm³/mol. The van der Waals surface area contributed by atoms with E-state index in [1.807, 2.05) is 6.92 Å². The van der Waals surface area contributed by atoms with Crippen molar-refractivity contribution in [2.45, 2.75) is 53.4 Å². The Labute approximate surface area is 177 Å². The summed E-state index contributed by atoms with van der Waals surface area (Å²) >= 11 is 0. The minimum atomic E-state index is -0.0673. The molecular weight excluding hydrogens is 443 g/mol. The van der Waals surface area contributed by atoms with Crippen molar-refractivity contribution >= 4 is 35.9 Å². The van der Waals surface area contributed by atoms with Crippen molar-refractivity contribution in [1.82, 2.24) is 15.1 Å². The number of rotatable bonds is 10. The van der Waals surface area contributed by atoms with Gasteiger partial charge in [0.05, 0.1) is 12.5 Å². The van der Waals surface area contributed by atoms with E-state index in [4.69, 9.17) is 9.73 Å².